The molecule has 0 aliphatic carbocycles. The Morgan fingerprint density at radius 2 is 1.72 bits per heavy atom. The zero-order chi connectivity index (χ0) is 23.5. The molecule has 0 atom stereocenters. The van der Waals surface area contributed by atoms with Gasteiger partial charge in [-0.2, -0.15) is 5.10 Å². The van der Waals surface area contributed by atoms with E-state index >= 15 is 0 Å². The summed E-state index contributed by atoms with van der Waals surface area (Å²) in [5, 5.41) is 8.95. The number of hydrogen-bond donors (Lipinski definition) is 3. The molecule has 0 saturated carbocycles. The lowest BCUT2D eigenvalue weighted by Crippen LogP contribution is -2.41. The van der Waals surface area contributed by atoms with Gasteiger partial charge in [0.05, 0.1) is 20.4 Å². The Labute approximate surface area is 185 Å². The molecule has 2 aromatic carbocycles. The number of ether oxygens (including phenoxy) is 3. The number of rotatable bonds is 9. The molecule has 32 heavy (non-hydrogen) atoms. The largest absolute Gasteiger partial charge is 0.497 e. The van der Waals surface area contributed by atoms with Gasteiger partial charge in [-0.1, -0.05) is 6.07 Å². The van der Waals surface area contributed by atoms with Gasteiger partial charge in [-0.15, -0.1) is 0 Å². The van der Waals surface area contributed by atoms with Crippen molar-refractivity contribution in [3.8, 4) is 17.2 Å². The van der Waals surface area contributed by atoms with Crippen LogP contribution in [0.3, 0.4) is 0 Å². The highest BCUT2D eigenvalue weighted by atomic mass is 16.5. The van der Waals surface area contributed by atoms with E-state index in [0.29, 0.717) is 22.7 Å². The standard InChI is InChI=1S/C22H26N4O6/c1-14(2)24-21(28)22(29)26-23-12-15-6-5-7-18(31-4)20(15)32-13-19(27)25-16-8-10-17(30-3)11-9-16/h5-12,14H,13H2,1-4H3,(H,24,28)(H,25,27)(H,26,29)/b23-12-. The second-order valence-electron chi connectivity index (χ2n) is 6.77. The number of para-hydroxylation sites is 1. The first-order valence-electron chi connectivity index (χ1n) is 9.71. The van der Waals surface area contributed by atoms with Crippen LogP contribution in [0.5, 0.6) is 17.2 Å². The highest BCUT2D eigenvalue weighted by molar-refractivity contribution is 6.35. The van der Waals surface area contributed by atoms with Crippen molar-refractivity contribution in [3.05, 3.63) is 48.0 Å². The Bertz CT molecular complexity index is 973. The summed E-state index contributed by atoms with van der Waals surface area (Å²) in [5.41, 5.74) is 3.16. The number of benzene rings is 2. The number of amides is 3. The molecule has 170 valence electrons. The Kier molecular flexibility index (Phi) is 9.03. The molecule has 0 aliphatic rings. The van der Waals surface area contributed by atoms with Gasteiger partial charge in [0.15, 0.2) is 18.1 Å². The van der Waals surface area contributed by atoms with Crippen LogP contribution in [0.2, 0.25) is 0 Å². The van der Waals surface area contributed by atoms with Crippen LogP contribution in [-0.2, 0) is 14.4 Å². The summed E-state index contributed by atoms with van der Waals surface area (Å²) in [6.07, 6.45) is 1.29. The Hall–Kier alpha value is -4.08. The number of anilines is 1. The van der Waals surface area contributed by atoms with Crippen LogP contribution in [0.25, 0.3) is 0 Å². The number of carbonyl (C=O) groups is 3. The van der Waals surface area contributed by atoms with Gasteiger partial charge in [-0.25, -0.2) is 5.43 Å². The fourth-order valence-electron chi connectivity index (χ4n) is 2.50. The van der Waals surface area contributed by atoms with Crippen molar-refractivity contribution in [1.29, 1.82) is 0 Å². The van der Waals surface area contributed by atoms with Gasteiger partial charge in [-0.3, -0.25) is 14.4 Å². The van der Waals surface area contributed by atoms with Gasteiger partial charge in [-0.05, 0) is 50.2 Å². The summed E-state index contributed by atoms with van der Waals surface area (Å²) in [6, 6.07) is 11.7. The van der Waals surface area contributed by atoms with Gasteiger partial charge >= 0.3 is 11.8 Å². The smallest absolute Gasteiger partial charge is 0.329 e. The number of hydrazone groups is 1. The lowest BCUT2D eigenvalue weighted by atomic mass is 10.2. The average molecular weight is 442 g/mol. The molecule has 0 aromatic heterocycles. The number of hydrogen-bond acceptors (Lipinski definition) is 7. The first-order chi connectivity index (χ1) is 15.3. The first kappa shape index (κ1) is 24.2. The summed E-state index contributed by atoms with van der Waals surface area (Å²) < 4.78 is 16.0. The van der Waals surface area contributed by atoms with E-state index in [2.05, 4.69) is 21.2 Å². The van der Waals surface area contributed by atoms with Crippen molar-refractivity contribution in [2.45, 2.75) is 19.9 Å². The molecule has 0 unspecified atom stereocenters. The second kappa shape index (κ2) is 11.9. The van der Waals surface area contributed by atoms with Crippen LogP contribution in [0.4, 0.5) is 5.69 Å². The Morgan fingerprint density at radius 3 is 2.34 bits per heavy atom. The summed E-state index contributed by atoms with van der Waals surface area (Å²) in [6.45, 7) is 3.18. The van der Waals surface area contributed by atoms with Crippen LogP contribution in [-0.4, -0.2) is 50.8 Å². The SMILES string of the molecule is COc1ccc(NC(=O)COc2c(/C=N\NC(=O)C(=O)NC(C)C)cccc2OC)cc1. The second-order valence-corrected chi connectivity index (χ2v) is 6.77. The summed E-state index contributed by atoms with van der Waals surface area (Å²) in [7, 11) is 3.01. The summed E-state index contributed by atoms with van der Waals surface area (Å²) in [5.74, 6) is -0.790. The van der Waals surface area contributed by atoms with Gasteiger partial charge in [0, 0.05) is 17.3 Å². The van der Waals surface area contributed by atoms with Crippen molar-refractivity contribution in [3.63, 3.8) is 0 Å². The predicted molar refractivity (Wildman–Crippen MR) is 119 cm³/mol. The van der Waals surface area contributed by atoms with E-state index in [-0.39, 0.29) is 24.3 Å². The lowest BCUT2D eigenvalue weighted by molar-refractivity contribution is -0.139. The monoisotopic (exact) mass is 442 g/mol. The van der Waals surface area contributed by atoms with Crippen LogP contribution in [0.1, 0.15) is 19.4 Å². The normalized spacial score (nSPS) is 10.5. The third kappa shape index (κ3) is 7.31. The fraction of sp³-hybridized carbons (Fsp3) is 0.273. The maximum atomic E-state index is 12.3. The average Bonchev–Trinajstić information content (AvgIpc) is 2.77. The molecule has 10 heteroatoms. The van der Waals surface area contributed by atoms with Crippen LogP contribution in [0, 0.1) is 0 Å². The minimum atomic E-state index is -0.904. The quantitative estimate of drug-likeness (QED) is 0.308. The molecule has 0 spiro atoms. The molecule has 0 aliphatic heterocycles. The molecule has 0 bridgehead atoms. The van der Waals surface area contributed by atoms with Crippen molar-refractivity contribution in [1.82, 2.24) is 10.7 Å². The van der Waals surface area contributed by atoms with E-state index in [1.165, 1.54) is 13.3 Å². The van der Waals surface area contributed by atoms with E-state index < -0.39 is 11.8 Å². The van der Waals surface area contributed by atoms with E-state index in [1.807, 2.05) is 0 Å². The molecule has 0 heterocycles. The fourth-order valence-corrected chi connectivity index (χ4v) is 2.50. The minimum Gasteiger partial charge on any atom is -0.497 e. The van der Waals surface area contributed by atoms with Gasteiger partial charge < -0.3 is 24.8 Å². The van der Waals surface area contributed by atoms with Gasteiger partial charge in [0.25, 0.3) is 5.91 Å². The lowest BCUT2D eigenvalue weighted by Gasteiger charge is -2.13. The third-order valence-electron chi connectivity index (χ3n) is 3.95. The highest BCUT2D eigenvalue weighted by Crippen LogP contribution is 2.30. The van der Waals surface area contributed by atoms with Crippen molar-refractivity contribution in [2.24, 2.45) is 5.10 Å². The van der Waals surface area contributed by atoms with Gasteiger partial charge in [0.1, 0.15) is 5.75 Å². The molecule has 2 aromatic rings. The molecule has 3 N–H and O–H groups in total. The van der Waals surface area contributed by atoms with Crippen molar-refractivity contribution >= 4 is 29.6 Å². The molecule has 2 rings (SSSR count). The summed E-state index contributed by atoms with van der Waals surface area (Å²) >= 11 is 0. The van der Waals surface area contributed by atoms with Crippen LogP contribution >= 0.6 is 0 Å². The molecule has 10 nitrogen and oxygen atoms in total. The first-order valence-corrected chi connectivity index (χ1v) is 9.71. The van der Waals surface area contributed by atoms with Crippen LogP contribution < -0.4 is 30.3 Å². The Balaban J connectivity index is 2.03. The van der Waals surface area contributed by atoms with E-state index in [9.17, 15) is 14.4 Å². The number of nitrogens with zero attached hydrogens (tertiary/aromatic N) is 1. The Morgan fingerprint density at radius 1 is 1.00 bits per heavy atom. The zero-order valence-electron chi connectivity index (χ0n) is 18.3. The number of carbonyl (C=O) groups excluding carboxylic acids is 3. The molecule has 0 fully saturated rings. The highest BCUT2D eigenvalue weighted by Gasteiger charge is 2.14. The predicted octanol–water partition coefficient (Wildman–Crippen LogP) is 1.70. The topological polar surface area (TPSA) is 127 Å². The maximum Gasteiger partial charge on any atom is 0.329 e. The van der Waals surface area contributed by atoms with E-state index in [0.717, 1.165) is 0 Å². The molecule has 0 radical (unpaired) electrons. The van der Waals surface area contributed by atoms with Crippen molar-refractivity contribution < 1.29 is 28.6 Å². The van der Waals surface area contributed by atoms with Crippen LogP contribution in [0.15, 0.2) is 47.6 Å². The molecule has 0 saturated heterocycles. The zero-order valence-corrected chi connectivity index (χ0v) is 18.3. The minimum absolute atomic E-state index is 0.181. The molecule has 3 amide bonds. The van der Waals surface area contributed by atoms with Crippen molar-refractivity contribution in [2.75, 3.05) is 26.1 Å². The molecular formula is C22H26N4O6. The molecular weight excluding hydrogens is 416 g/mol. The van der Waals surface area contributed by atoms with Gasteiger partial charge in [0.2, 0.25) is 0 Å². The van der Waals surface area contributed by atoms with E-state index in [4.69, 9.17) is 14.2 Å². The summed E-state index contributed by atoms with van der Waals surface area (Å²) in [4.78, 5) is 35.7. The third-order valence-corrected chi connectivity index (χ3v) is 3.95. The number of methoxy groups -OCH3 is 2. The maximum absolute atomic E-state index is 12.3. The van der Waals surface area contributed by atoms with E-state index in [1.54, 1.807) is 63.4 Å². The number of nitrogens with one attached hydrogen (secondary N) is 3.